The first kappa shape index (κ1) is 25.8. The third-order valence-electron chi connectivity index (χ3n) is 7.39. The minimum Gasteiger partial charge on any atom is -0.507 e. The van der Waals surface area contributed by atoms with Crippen molar-refractivity contribution in [1.82, 2.24) is 4.90 Å². The molecule has 0 aromatic heterocycles. The lowest BCUT2D eigenvalue weighted by Gasteiger charge is -2.35. The highest BCUT2D eigenvalue weighted by molar-refractivity contribution is 6.46. The second-order valence-electron chi connectivity index (χ2n) is 10.1. The third kappa shape index (κ3) is 4.73. The van der Waals surface area contributed by atoms with Crippen LogP contribution in [0.25, 0.3) is 5.76 Å². The molecule has 1 atom stereocenters. The Labute approximate surface area is 213 Å². The number of amides is 1. The number of carbonyl (C=O) groups is 2. The topological polar surface area (TPSA) is 76.1 Å². The van der Waals surface area contributed by atoms with Crippen LogP contribution in [0.2, 0.25) is 0 Å². The number of benzene rings is 2. The van der Waals surface area contributed by atoms with Crippen LogP contribution in [0.1, 0.15) is 87.1 Å². The number of hydrogen-bond acceptors (Lipinski definition) is 5. The summed E-state index contributed by atoms with van der Waals surface area (Å²) in [5.41, 5.74) is 3.16. The van der Waals surface area contributed by atoms with E-state index in [1.807, 2.05) is 50.2 Å². The Hall–Kier alpha value is -3.28. The molecule has 2 aliphatic rings. The molecule has 6 heteroatoms. The predicted octanol–water partition coefficient (Wildman–Crippen LogP) is 6.28. The van der Waals surface area contributed by atoms with Crippen molar-refractivity contribution in [3.05, 3.63) is 64.2 Å². The van der Waals surface area contributed by atoms with Crippen molar-refractivity contribution in [3.63, 3.8) is 0 Å². The number of ether oxygens (including phenoxy) is 2. The molecule has 2 aromatic carbocycles. The van der Waals surface area contributed by atoms with E-state index in [0.717, 1.165) is 54.5 Å². The van der Waals surface area contributed by atoms with Gasteiger partial charge in [0.05, 0.1) is 25.3 Å². The standard InChI is InChI=1S/C30H37NO5/c1-6-36-22-14-10-11-20(16-22)27-26(29(33)30(34)31(27)21-12-8-7-9-13-21)28(32)24-17-23(18(2)3)25(35-5)15-19(24)4/h10-11,14-18,21,27,32H,6-9,12-13H2,1-5H3/b28-26+. The van der Waals surface area contributed by atoms with Gasteiger partial charge in [-0.1, -0.05) is 45.2 Å². The van der Waals surface area contributed by atoms with Crippen LogP contribution in [-0.4, -0.2) is 41.5 Å². The van der Waals surface area contributed by atoms with Crippen molar-refractivity contribution in [2.75, 3.05) is 13.7 Å². The van der Waals surface area contributed by atoms with Crippen LogP contribution < -0.4 is 9.47 Å². The van der Waals surface area contributed by atoms with Gasteiger partial charge in [-0.2, -0.15) is 0 Å². The molecule has 1 saturated carbocycles. The zero-order valence-corrected chi connectivity index (χ0v) is 22.0. The molecule has 1 heterocycles. The molecule has 36 heavy (non-hydrogen) atoms. The number of methoxy groups -OCH3 is 1. The molecule has 0 radical (unpaired) electrons. The van der Waals surface area contributed by atoms with Crippen molar-refractivity contribution in [1.29, 1.82) is 0 Å². The van der Waals surface area contributed by atoms with Gasteiger partial charge in [-0.3, -0.25) is 9.59 Å². The van der Waals surface area contributed by atoms with Crippen LogP contribution in [0.4, 0.5) is 0 Å². The normalized spacial score (nSPS) is 20.3. The van der Waals surface area contributed by atoms with E-state index in [-0.39, 0.29) is 23.3 Å². The number of Topliss-reactive ketones (excluding diaryl/α,β-unsaturated/α-hetero) is 1. The lowest BCUT2D eigenvalue weighted by atomic mass is 9.89. The second-order valence-corrected chi connectivity index (χ2v) is 10.1. The number of nitrogens with zero attached hydrogens (tertiary/aromatic N) is 1. The van der Waals surface area contributed by atoms with E-state index in [4.69, 9.17) is 9.47 Å². The summed E-state index contributed by atoms with van der Waals surface area (Å²) < 4.78 is 11.3. The zero-order valence-electron chi connectivity index (χ0n) is 22.0. The summed E-state index contributed by atoms with van der Waals surface area (Å²) >= 11 is 0. The Morgan fingerprint density at radius 1 is 1.11 bits per heavy atom. The lowest BCUT2D eigenvalue weighted by Crippen LogP contribution is -2.40. The van der Waals surface area contributed by atoms with Gasteiger partial charge >= 0.3 is 0 Å². The summed E-state index contributed by atoms with van der Waals surface area (Å²) in [6, 6.07) is 10.6. The quantitative estimate of drug-likeness (QED) is 0.280. The molecule has 1 aliphatic carbocycles. The minimum atomic E-state index is -0.669. The second kappa shape index (κ2) is 10.8. The molecule has 2 aromatic rings. The van der Waals surface area contributed by atoms with Gasteiger partial charge in [-0.25, -0.2) is 0 Å². The molecule has 1 amide bonds. The maximum absolute atomic E-state index is 13.6. The van der Waals surface area contributed by atoms with E-state index in [1.54, 1.807) is 12.0 Å². The number of likely N-dealkylation sites (tertiary alicyclic amines) is 1. The number of aliphatic hydroxyl groups is 1. The van der Waals surface area contributed by atoms with E-state index in [1.165, 1.54) is 0 Å². The summed E-state index contributed by atoms with van der Waals surface area (Å²) in [6.07, 6.45) is 4.89. The van der Waals surface area contributed by atoms with Crippen molar-refractivity contribution in [2.24, 2.45) is 0 Å². The number of aryl methyl sites for hydroxylation is 1. The first-order valence-electron chi connectivity index (χ1n) is 13.0. The zero-order chi connectivity index (χ0) is 26.0. The molecule has 0 bridgehead atoms. The Bertz CT molecular complexity index is 1180. The van der Waals surface area contributed by atoms with E-state index < -0.39 is 17.7 Å². The van der Waals surface area contributed by atoms with Crippen LogP contribution in [0.15, 0.2) is 42.0 Å². The average molecular weight is 492 g/mol. The molecule has 192 valence electrons. The van der Waals surface area contributed by atoms with Crippen LogP contribution in [-0.2, 0) is 9.59 Å². The van der Waals surface area contributed by atoms with Gasteiger partial charge in [0, 0.05) is 11.6 Å². The fourth-order valence-corrected chi connectivity index (χ4v) is 5.58. The highest BCUT2D eigenvalue weighted by Gasteiger charge is 2.49. The molecule has 0 spiro atoms. The van der Waals surface area contributed by atoms with Gasteiger partial charge in [0.2, 0.25) is 0 Å². The van der Waals surface area contributed by atoms with Gasteiger partial charge in [-0.05, 0) is 73.6 Å². The van der Waals surface area contributed by atoms with Gasteiger partial charge in [0.1, 0.15) is 17.3 Å². The predicted molar refractivity (Wildman–Crippen MR) is 140 cm³/mol. The lowest BCUT2D eigenvalue weighted by molar-refractivity contribution is -0.141. The van der Waals surface area contributed by atoms with Gasteiger partial charge < -0.3 is 19.5 Å². The number of hydrogen-bond donors (Lipinski definition) is 1. The summed E-state index contributed by atoms with van der Waals surface area (Å²) in [4.78, 5) is 28.8. The molecule has 1 N–H and O–H groups in total. The van der Waals surface area contributed by atoms with Gasteiger partial charge in [0.25, 0.3) is 11.7 Å². The number of aliphatic hydroxyl groups excluding tert-OH is 1. The smallest absolute Gasteiger partial charge is 0.295 e. The van der Waals surface area contributed by atoms with Gasteiger partial charge in [-0.15, -0.1) is 0 Å². The first-order chi connectivity index (χ1) is 17.3. The van der Waals surface area contributed by atoms with E-state index in [2.05, 4.69) is 13.8 Å². The number of carbonyl (C=O) groups excluding carboxylic acids is 2. The van der Waals surface area contributed by atoms with E-state index >= 15 is 0 Å². The summed E-state index contributed by atoms with van der Waals surface area (Å²) in [7, 11) is 1.63. The molecule has 1 saturated heterocycles. The molecular formula is C30H37NO5. The third-order valence-corrected chi connectivity index (χ3v) is 7.39. The number of ketones is 1. The van der Waals surface area contributed by atoms with Crippen LogP contribution in [0, 0.1) is 6.92 Å². The minimum absolute atomic E-state index is 0.0376. The van der Waals surface area contributed by atoms with Crippen molar-refractivity contribution in [2.45, 2.75) is 77.8 Å². The highest BCUT2D eigenvalue weighted by Crippen LogP contribution is 2.44. The summed E-state index contributed by atoms with van der Waals surface area (Å²) in [6.45, 7) is 8.41. The SMILES string of the molecule is CCOc1cccc(C2/C(=C(\O)c3cc(C(C)C)c(OC)cc3C)C(=O)C(=O)N2C2CCCCC2)c1. The van der Waals surface area contributed by atoms with E-state index in [0.29, 0.717) is 17.9 Å². The molecule has 2 fully saturated rings. The van der Waals surface area contributed by atoms with Crippen molar-refractivity contribution in [3.8, 4) is 11.5 Å². The fourth-order valence-electron chi connectivity index (χ4n) is 5.58. The number of rotatable bonds is 7. The molecular weight excluding hydrogens is 454 g/mol. The largest absolute Gasteiger partial charge is 0.507 e. The summed E-state index contributed by atoms with van der Waals surface area (Å²) in [5.74, 6) is 0.252. The van der Waals surface area contributed by atoms with Crippen LogP contribution in [0.3, 0.4) is 0 Å². The van der Waals surface area contributed by atoms with Crippen molar-refractivity contribution >= 4 is 17.4 Å². The summed E-state index contributed by atoms with van der Waals surface area (Å²) in [5, 5.41) is 11.7. The van der Waals surface area contributed by atoms with Gasteiger partial charge in [0.15, 0.2) is 0 Å². The average Bonchev–Trinajstić information content (AvgIpc) is 3.14. The van der Waals surface area contributed by atoms with Crippen LogP contribution in [0.5, 0.6) is 11.5 Å². The molecule has 6 nitrogen and oxygen atoms in total. The molecule has 4 rings (SSSR count). The monoisotopic (exact) mass is 491 g/mol. The Kier molecular flexibility index (Phi) is 7.72. The highest BCUT2D eigenvalue weighted by atomic mass is 16.5. The Morgan fingerprint density at radius 2 is 1.83 bits per heavy atom. The fraction of sp³-hybridized carbons (Fsp3) is 0.467. The van der Waals surface area contributed by atoms with Crippen LogP contribution >= 0.6 is 0 Å². The Morgan fingerprint density at radius 3 is 2.47 bits per heavy atom. The molecule has 1 unspecified atom stereocenters. The molecule has 1 aliphatic heterocycles. The maximum atomic E-state index is 13.6. The first-order valence-corrected chi connectivity index (χ1v) is 13.0. The van der Waals surface area contributed by atoms with E-state index in [9.17, 15) is 14.7 Å². The maximum Gasteiger partial charge on any atom is 0.295 e. The Balaban J connectivity index is 1.92. The van der Waals surface area contributed by atoms with Crippen molar-refractivity contribution < 1.29 is 24.2 Å².